The number of anilines is 3. The molecule has 194 valence electrons. The minimum Gasteiger partial charge on any atom is -0.441 e. The molecule has 3 heterocycles. The second kappa shape index (κ2) is 11.5. The minimum absolute atomic E-state index is 0.0815. The van der Waals surface area contributed by atoms with Gasteiger partial charge in [0, 0.05) is 58.6 Å². The van der Waals surface area contributed by atoms with Crippen molar-refractivity contribution in [2.75, 3.05) is 51.1 Å². The van der Waals surface area contributed by atoms with Crippen molar-refractivity contribution in [1.82, 2.24) is 9.88 Å². The number of nitrogens with zero attached hydrogens (tertiary/aromatic N) is 3. The summed E-state index contributed by atoms with van der Waals surface area (Å²) in [6.45, 7) is 5.64. The monoisotopic (exact) mass is 499 g/mol. The molecule has 1 spiro atoms. The van der Waals surface area contributed by atoms with Crippen LogP contribution in [0.25, 0.3) is 0 Å². The van der Waals surface area contributed by atoms with Gasteiger partial charge in [0.15, 0.2) is 6.29 Å². The summed E-state index contributed by atoms with van der Waals surface area (Å²) in [7, 11) is 4.98. The summed E-state index contributed by atoms with van der Waals surface area (Å²) in [5, 5.41) is 12.0. The Kier molecular flexibility index (Phi) is 8.62. The van der Waals surface area contributed by atoms with E-state index < -0.39 is 5.60 Å². The second-order valence-corrected chi connectivity index (χ2v) is 9.41. The predicted molar refractivity (Wildman–Crippen MR) is 137 cm³/mol. The van der Waals surface area contributed by atoms with E-state index in [9.17, 15) is 14.0 Å². The zero-order chi connectivity index (χ0) is 26.5. The number of aldehydes is 1. The lowest BCUT2D eigenvalue weighted by atomic mass is 9.90. The van der Waals surface area contributed by atoms with E-state index in [0.29, 0.717) is 61.5 Å². The minimum atomic E-state index is -0.496. The van der Waals surface area contributed by atoms with Crippen molar-refractivity contribution in [3.63, 3.8) is 0 Å². The topological polar surface area (TPSA) is 108 Å². The van der Waals surface area contributed by atoms with Gasteiger partial charge in [0.1, 0.15) is 22.9 Å². The van der Waals surface area contributed by atoms with Crippen molar-refractivity contribution in [1.29, 1.82) is 5.41 Å². The first-order valence-corrected chi connectivity index (χ1v) is 11.8. The van der Waals surface area contributed by atoms with Gasteiger partial charge in [-0.25, -0.2) is 14.2 Å². The fourth-order valence-corrected chi connectivity index (χ4v) is 4.38. The summed E-state index contributed by atoms with van der Waals surface area (Å²) in [5.41, 5.74) is 2.08. The Morgan fingerprint density at radius 2 is 1.86 bits per heavy atom. The lowest BCUT2D eigenvalue weighted by Crippen LogP contribution is -2.47. The molecule has 36 heavy (non-hydrogen) atoms. The average molecular weight is 500 g/mol. The molecule has 1 aromatic heterocycles. The van der Waals surface area contributed by atoms with Crippen LogP contribution >= 0.6 is 0 Å². The van der Waals surface area contributed by atoms with Crippen LogP contribution in [0.15, 0.2) is 30.3 Å². The third kappa shape index (κ3) is 5.99. The molecule has 0 unspecified atom stereocenters. The average Bonchev–Trinajstić information content (AvgIpc) is 3.12. The van der Waals surface area contributed by atoms with Crippen molar-refractivity contribution < 1.29 is 23.5 Å². The van der Waals surface area contributed by atoms with Gasteiger partial charge in [0.2, 0.25) is 0 Å². The number of amides is 1. The Morgan fingerprint density at radius 1 is 1.25 bits per heavy atom. The van der Waals surface area contributed by atoms with Crippen molar-refractivity contribution in [2.24, 2.45) is 5.92 Å². The molecule has 1 aromatic carbocycles. The highest BCUT2D eigenvalue weighted by Gasteiger charge is 2.46. The molecule has 4 rings (SSSR count). The van der Waals surface area contributed by atoms with Gasteiger partial charge in [0.05, 0.1) is 17.8 Å². The van der Waals surface area contributed by atoms with Gasteiger partial charge in [-0.05, 0) is 36.2 Å². The normalized spacial score (nSPS) is 16.5. The molecular weight excluding hydrogens is 465 g/mol. The number of hydrogen-bond donors (Lipinski definition) is 2. The maximum atomic E-state index is 13.4. The molecule has 2 aliphatic rings. The Labute approximate surface area is 211 Å². The molecule has 0 radical (unpaired) electrons. The number of aromatic nitrogens is 1. The molecule has 1 amide bonds. The SMILES string of the molecule is CC(C)C(=N)c1c(N2CCC3(CC2)CN(C)C(=O)O3)cc(C=O)nc1Nc1ccc(F)cc1.COC. The van der Waals surface area contributed by atoms with E-state index in [0.717, 1.165) is 5.69 Å². The van der Waals surface area contributed by atoms with Crippen LogP contribution < -0.4 is 10.2 Å². The first-order valence-electron chi connectivity index (χ1n) is 11.8. The lowest BCUT2D eigenvalue weighted by Gasteiger charge is -2.39. The van der Waals surface area contributed by atoms with Crippen LogP contribution in [0.1, 0.15) is 42.7 Å². The number of carbonyl (C=O) groups is 2. The first kappa shape index (κ1) is 27.1. The molecule has 0 saturated carbocycles. The third-order valence-corrected chi connectivity index (χ3v) is 6.25. The van der Waals surface area contributed by atoms with Crippen LogP contribution in [0.5, 0.6) is 0 Å². The highest BCUT2D eigenvalue weighted by molar-refractivity contribution is 6.09. The number of halogens is 1. The molecule has 2 saturated heterocycles. The maximum Gasteiger partial charge on any atom is 0.410 e. The Morgan fingerprint density at radius 3 is 2.36 bits per heavy atom. The fraction of sp³-hybridized carbons (Fsp3) is 0.462. The molecular formula is C26H34FN5O4. The molecule has 0 atom stereocenters. The van der Waals surface area contributed by atoms with Crippen LogP contribution in [-0.2, 0) is 9.47 Å². The summed E-state index contributed by atoms with van der Waals surface area (Å²) >= 11 is 0. The van der Waals surface area contributed by atoms with Gasteiger partial charge < -0.3 is 30.0 Å². The zero-order valence-corrected chi connectivity index (χ0v) is 21.4. The van der Waals surface area contributed by atoms with Gasteiger partial charge in [-0.15, -0.1) is 0 Å². The summed E-state index contributed by atoms with van der Waals surface area (Å²) in [6.07, 6.45) is 1.68. The quantitative estimate of drug-likeness (QED) is 0.446. The van der Waals surface area contributed by atoms with Crippen LogP contribution in [0.4, 0.5) is 26.4 Å². The number of rotatable bonds is 6. The van der Waals surface area contributed by atoms with E-state index in [1.165, 1.54) is 12.1 Å². The molecule has 2 fully saturated rings. The van der Waals surface area contributed by atoms with Gasteiger partial charge in [-0.1, -0.05) is 13.8 Å². The number of nitrogens with one attached hydrogen (secondary N) is 2. The largest absolute Gasteiger partial charge is 0.441 e. The zero-order valence-electron chi connectivity index (χ0n) is 21.4. The number of piperidine rings is 1. The van der Waals surface area contributed by atoms with Crippen molar-refractivity contribution >= 4 is 35.3 Å². The number of likely N-dealkylation sites (N-methyl/N-ethyl adjacent to an activating group) is 1. The number of benzene rings is 1. The summed E-state index contributed by atoms with van der Waals surface area (Å²) in [5.74, 6) is -0.0549. The standard InChI is InChI=1S/C24H28FN5O3.C2H6O/c1-15(2)21(26)20-19(30-10-8-24(9-11-30)14-29(3)23(32)33-24)12-18(13-31)28-22(20)27-17-6-4-16(25)5-7-17;1-3-2/h4-7,12-13,15,26H,8-11,14H2,1-3H3,(H,27,28);1-2H3. The van der Waals surface area contributed by atoms with Gasteiger partial charge in [-0.3, -0.25) is 4.79 Å². The summed E-state index contributed by atoms with van der Waals surface area (Å²) < 4.78 is 23.3. The van der Waals surface area contributed by atoms with Gasteiger partial charge in [0.25, 0.3) is 0 Å². The maximum absolute atomic E-state index is 13.4. The number of hydrogen-bond acceptors (Lipinski definition) is 8. The molecule has 10 heteroatoms. The van der Waals surface area contributed by atoms with Gasteiger partial charge >= 0.3 is 6.09 Å². The molecule has 2 aromatic rings. The van der Waals surface area contributed by atoms with E-state index in [1.807, 2.05) is 13.8 Å². The van der Waals surface area contributed by atoms with Crippen molar-refractivity contribution in [3.8, 4) is 0 Å². The number of carbonyl (C=O) groups excluding carboxylic acids is 2. The van der Waals surface area contributed by atoms with E-state index in [1.54, 1.807) is 44.4 Å². The first-order chi connectivity index (χ1) is 17.1. The van der Waals surface area contributed by atoms with Crippen LogP contribution in [0, 0.1) is 17.1 Å². The Hall–Kier alpha value is -3.53. The summed E-state index contributed by atoms with van der Waals surface area (Å²) in [4.78, 5) is 31.8. The van der Waals surface area contributed by atoms with E-state index in [4.69, 9.17) is 10.1 Å². The van der Waals surface area contributed by atoms with Crippen LogP contribution in [0.2, 0.25) is 0 Å². The number of methoxy groups -OCH3 is 1. The molecule has 9 nitrogen and oxygen atoms in total. The Balaban J connectivity index is 0.00000115. The molecule has 0 aliphatic carbocycles. The number of ether oxygens (including phenoxy) is 2. The van der Waals surface area contributed by atoms with Crippen LogP contribution in [0.3, 0.4) is 0 Å². The summed E-state index contributed by atoms with van der Waals surface area (Å²) in [6, 6.07) is 7.56. The molecule has 2 aliphatic heterocycles. The molecule has 2 N–H and O–H groups in total. The lowest BCUT2D eigenvalue weighted by molar-refractivity contribution is 0.0366. The Bertz CT molecular complexity index is 1100. The fourth-order valence-electron chi connectivity index (χ4n) is 4.38. The van der Waals surface area contributed by atoms with Gasteiger partial charge in [-0.2, -0.15) is 0 Å². The molecule has 0 bridgehead atoms. The predicted octanol–water partition coefficient (Wildman–Crippen LogP) is 4.48. The third-order valence-electron chi connectivity index (χ3n) is 6.25. The highest BCUT2D eigenvalue weighted by atomic mass is 19.1. The van der Waals surface area contributed by atoms with E-state index in [2.05, 4.69) is 19.9 Å². The van der Waals surface area contributed by atoms with Crippen LogP contribution in [-0.4, -0.2) is 74.5 Å². The van der Waals surface area contributed by atoms with Crippen molar-refractivity contribution in [2.45, 2.75) is 32.3 Å². The number of pyridine rings is 1. The highest BCUT2D eigenvalue weighted by Crippen LogP contribution is 2.37. The van der Waals surface area contributed by atoms with E-state index in [-0.39, 0.29) is 23.5 Å². The van der Waals surface area contributed by atoms with Crippen molar-refractivity contribution in [3.05, 3.63) is 47.4 Å². The second-order valence-electron chi connectivity index (χ2n) is 9.41. The smallest absolute Gasteiger partial charge is 0.410 e. The van der Waals surface area contributed by atoms with E-state index >= 15 is 0 Å².